The van der Waals surface area contributed by atoms with Crippen molar-refractivity contribution in [2.45, 2.75) is 19.1 Å². The predicted octanol–water partition coefficient (Wildman–Crippen LogP) is 1.69. The Labute approximate surface area is 56.7 Å². The first-order chi connectivity index (χ1) is 3.77. The Kier molecular flexibility index (Phi) is 5.24. The molecule has 0 aliphatic rings. The Bertz CT molecular complexity index is 86.9. The number of nitriles is 1. The Morgan fingerprint density at radius 1 is 1.62 bits per heavy atom. The lowest BCUT2D eigenvalue weighted by Crippen LogP contribution is -1.99. The molecule has 8 heavy (non-hydrogen) atoms. The van der Waals surface area contributed by atoms with Crippen molar-refractivity contribution in [3.63, 3.8) is 0 Å². The number of nitrogens with zero attached hydrogens (tertiary/aromatic N) is 1. The summed E-state index contributed by atoms with van der Waals surface area (Å²) in [7, 11) is -0.374. The summed E-state index contributed by atoms with van der Waals surface area (Å²) in [6, 6.07) is 1.29. The van der Waals surface area contributed by atoms with Crippen LogP contribution in [0.1, 0.15) is 0 Å². The van der Waals surface area contributed by atoms with E-state index in [4.69, 9.17) is 5.26 Å². The van der Waals surface area contributed by atoms with Gasteiger partial charge in [0.2, 0.25) is 0 Å². The van der Waals surface area contributed by atoms with E-state index in [9.17, 15) is 0 Å². The van der Waals surface area contributed by atoms with E-state index in [1.807, 2.05) is 0 Å². The molecule has 0 unspecified atom stereocenters. The molecule has 0 atom stereocenters. The third-order valence-electron chi connectivity index (χ3n) is 0.862. The van der Waals surface area contributed by atoms with Crippen LogP contribution in [-0.4, -0.2) is 14.5 Å². The third-order valence-corrected chi connectivity index (χ3v) is 3.29. The lowest BCUT2D eigenvalue weighted by atomic mass is 11.0. The minimum absolute atomic E-state index is 0.374. The van der Waals surface area contributed by atoms with Crippen LogP contribution in [0, 0.1) is 10.7 Å². The number of hydrogen-bond acceptors (Lipinski definition) is 2. The Morgan fingerprint density at radius 3 is 2.62 bits per heavy atom. The quantitative estimate of drug-likeness (QED) is 0.343. The average molecular weight is 145 g/mol. The molecule has 0 fully saturated rings. The summed E-state index contributed by atoms with van der Waals surface area (Å²) >= 11 is 1.38. The van der Waals surface area contributed by atoms with Gasteiger partial charge in [0, 0.05) is 14.5 Å². The summed E-state index contributed by atoms with van der Waals surface area (Å²) in [4.78, 5) is 0. The second-order valence-electron chi connectivity index (χ2n) is 2.12. The van der Waals surface area contributed by atoms with E-state index in [-0.39, 0.29) is 8.80 Å². The van der Waals surface area contributed by atoms with Gasteiger partial charge in [-0.3, -0.25) is 0 Å². The van der Waals surface area contributed by atoms with Gasteiger partial charge in [0.05, 0.1) is 0 Å². The molecule has 1 nitrogen and oxygen atoms in total. The van der Waals surface area contributed by atoms with Crippen molar-refractivity contribution in [1.82, 2.24) is 0 Å². The van der Waals surface area contributed by atoms with Gasteiger partial charge in [-0.05, 0) is 11.8 Å². The van der Waals surface area contributed by atoms with Crippen molar-refractivity contribution < 1.29 is 0 Å². The summed E-state index contributed by atoms with van der Waals surface area (Å²) in [5.74, 6) is 1.04. The monoisotopic (exact) mass is 145 g/mol. The highest BCUT2D eigenvalue weighted by molar-refractivity contribution is 8.03. The molecule has 3 heteroatoms. The lowest BCUT2D eigenvalue weighted by molar-refractivity contribution is 1.44. The van der Waals surface area contributed by atoms with Crippen molar-refractivity contribution >= 4 is 20.6 Å². The van der Waals surface area contributed by atoms with E-state index >= 15 is 0 Å². The highest BCUT2D eigenvalue weighted by atomic mass is 32.2. The fourth-order valence-electron chi connectivity index (χ4n) is 0.340. The molecule has 0 aliphatic heterocycles. The highest BCUT2D eigenvalue weighted by Crippen LogP contribution is 2.01. The van der Waals surface area contributed by atoms with Gasteiger partial charge < -0.3 is 0 Å². The zero-order valence-corrected chi connectivity index (χ0v) is 7.32. The molecule has 0 amide bonds. The van der Waals surface area contributed by atoms with Gasteiger partial charge in [-0.15, -0.1) is 0 Å². The highest BCUT2D eigenvalue weighted by Gasteiger charge is 1.93. The molecule has 0 radical (unpaired) electrons. The fraction of sp³-hybridized carbons (Fsp3) is 0.800. The molecule has 0 aromatic rings. The Morgan fingerprint density at radius 2 is 2.25 bits per heavy atom. The molecule has 0 saturated carbocycles. The molecule has 0 aromatic heterocycles. The molecule has 0 heterocycles. The van der Waals surface area contributed by atoms with Gasteiger partial charge in [-0.25, -0.2) is 0 Å². The fourth-order valence-corrected chi connectivity index (χ4v) is 2.79. The first-order valence-electron chi connectivity index (χ1n) is 2.78. The van der Waals surface area contributed by atoms with Crippen LogP contribution >= 0.6 is 11.8 Å². The van der Waals surface area contributed by atoms with Gasteiger partial charge >= 0.3 is 0 Å². The van der Waals surface area contributed by atoms with Crippen LogP contribution in [0.2, 0.25) is 19.1 Å². The van der Waals surface area contributed by atoms with Crippen LogP contribution in [0.15, 0.2) is 0 Å². The van der Waals surface area contributed by atoms with Gasteiger partial charge in [0.1, 0.15) is 5.40 Å². The number of thiocyanates is 1. The molecule has 0 spiro atoms. The van der Waals surface area contributed by atoms with E-state index in [0.29, 0.717) is 0 Å². The zero-order valence-electron chi connectivity index (χ0n) is 5.35. The van der Waals surface area contributed by atoms with Gasteiger partial charge in [-0.2, -0.15) is 5.26 Å². The summed E-state index contributed by atoms with van der Waals surface area (Å²) in [5, 5.41) is 10.2. The second-order valence-corrected chi connectivity index (χ2v) is 6.37. The lowest BCUT2D eigenvalue weighted by Gasteiger charge is -1.95. The Hall–Kier alpha value is 0.0569. The normalized spacial score (nSPS) is 9.25. The van der Waals surface area contributed by atoms with Crippen molar-refractivity contribution in [3.8, 4) is 5.40 Å². The molecular weight excluding hydrogens is 134 g/mol. The molecule has 0 rings (SSSR count). The van der Waals surface area contributed by atoms with E-state index in [1.54, 1.807) is 0 Å². The predicted molar refractivity (Wildman–Crippen MR) is 41.8 cm³/mol. The minimum atomic E-state index is -0.374. The van der Waals surface area contributed by atoms with Crippen LogP contribution < -0.4 is 0 Å². The van der Waals surface area contributed by atoms with E-state index in [0.717, 1.165) is 5.75 Å². The van der Waals surface area contributed by atoms with Crippen LogP contribution in [-0.2, 0) is 0 Å². The standard InChI is InChI=1S/C5H11NSSi/c1-8(2)4-3-7-5-6/h8H,3-4H2,1-2H3. The largest absolute Gasteiger partial charge is 0.185 e. The topological polar surface area (TPSA) is 23.8 Å². The van der Waals surface area contributed by atoms with E-state index in [1.165, 1.54) is 17.8 Å². The average Bonchev–Trinajstić information content (AvgIpc) is 1.66. The van der Waals surface area contributed by atoms with Crippen molar-refractivity contribution in [3.05, 3.63) is 0 Å². The molecule has 0 aliphatic carbocycles. The van der Waals surface area contributed by atoms with E-state index < -0.39 is 0 Å². The SMILES string of the molecule is C[SiH](C)CCSC#N. The first-order valence-corrected chi connectivity index (χ1v) is 6.89. The molecule has 0 N–H and O–H groups in total. The zero-order chi connectivity index (χ0) is 6.41. The number of rotatable bonds is 3. The number of thioether (sulfide) groups is 1. The summed E-state index contributed by atoms with van der Waals surface area (Å²) in [6.45, 7) is 4.61. The smallest absolute Gasteiger partial charge is 0.133 e. The maximum atomic E-state index is 8.11. The van der Waals surface area contributed by atoms with E-state index in [2.05, 4.69) is 18.5 Å². The third kappa shape index (κ3) is 6.06. The molecule has 46 valence electrons. The Balaban J connectivity index is 2.85. The van der Waals surface area contributed by atoms with Gasteiger partial charge in [0.25, 0.3) is 0 Å². The molecule has 0 saturated heterocycles. The summed E-state index contributed by atoms with van der Waals surface area (Å²) in [6.07, 6.45) is 0. The van der Waals surface area contributed by atoms with Crippen molar-refractivity contribution in [2.24, 2.45) is 0 Å². The first kappa shape index (κ1) is 8.06. The second kappa shape index (κ2) is 5.20. The van der Waals surface area contributed by atoms with Crippen LogP contribution in [0.4, 0.5) is 0 Å². The van der Waals surface area contributed by atoms with Gasteiger partial charge in [-0.1, -0.05) is 19.1 Å². The minimum Gasteiger partial charge on any atom is -0.185 e. The van der Waals surface area contributed by atoms with Gasteiger partial charge in [0.15, 0.2) is 0 Å². The molecule has 0 bridgehead atoms. The van der Waals surface area contributed by atoms with Crippen molar-refractivity contribution in [1.29, 1.82) is 5.26 Å². The van der Waals surface area contributed by atoms with Crippen LogP contribution in [0.25, 0.3) is 0 Å². The maximum absolute atomic E-state index is 8.11. The van der Waals surface area contributed by atoms with Crippen molar-refractivity contribution in [2.75, 3.05) is 5.75 Å². The number of hydrogen-bond donors (Lipinski definition) is 0. The van der Waals surface area contributed by atoms with Crippen LogP contribution in [0.5, 0.6) is 0 Å². The summed E-state index contributed by atoms with van der Waals surface area (Å²) in [5.41, 5.74) is 0. The molecule has 0 aromatic carbocycles. The summed E-state index contributed by atoms with van der Waals surface area (Å²) < 4.78 is 0. The maximum Gasteiger partial charge on any atom is 0.133 e. The molecular formula is C5H11NSSi. The van der Waals surface area contributed by atoms with Crippen LogP contribution in [0.3, 0.4) is 0 Å².